The zero-order valence-electron chi connectivity index (χ0n) is 23.1. The predicted molar refractivity (Wildman–Crippen MR) is 152 cm³/mol. The largest absolute Gasteiger partial charge is 0.490 e. The van der Waals surface area contributed by atoms with Crippen LogP contribution in [0.4, 0.5) is 13.2 Å². The van der Waals surface area contributed by atoms with Gasteiger partial charge in [0.1, 0.15) is 11.6 Å². The molecule has 1 saturated heterocycles. The molecule has 0 radical (unpaired) electrons. The molecule has 2 N–H and O–H groups in total. The molecule has 9 nitrogen and oxygen atoms in total. The highest BCUT2D eigenvalue weighted by Gasteiger charge is 2.39. The molecule has 5 rings (SSSR count). The van der Waals surface area contributed by atoms with Crippen LogP contribution in [0.2, 0.25) is 10.0 Å². The van der Waals surface area contributed by atoms with Gasteiger partial charge in [0.25, 0.3) is 0 Å². The number of rotatable bonds is 5. The van der Waals surface area contributed by atoms with Crippen LogP contribution in [0, 0.1) is 12.8 Å². The molecule has 0 amide bonds. The van der Waals surface area contributed by atoms with E-state index >= 15 is 0 Å². The van der Waals surface area contributed by atoms with Crippen LogP contribution in [0.5, 0.6) is 0 Å². The fraction of sp³-hybridized carbons (Fsp3) is 0.464. The third kappa shape index (κ3) is 6.71. The molecule has 3 heterocycles. The Morgan fingerprint density at radius 3 is 2.48 bits per heavy atom. The van der Waals surface area contributed by atoms with Crippen molar-refractivity contribution in [1.82, 2.24) is 24.6 Å². The molecular weight excluding hydrogens is 598 g/mol. The van der Waals surface area contributed by atoms with Gasteiger partial charge < -0.3 is 10.2 Å². The number of aliphatic carboxylic acids is 2. The van der Waals surface area contributed by atoms with E-state index in [0.717, 1.165) is 65.9 Å². The number of likely N-dealkylation sites (tertiary alicyclic amines) is 1. The normalized spacial score (nSPS) is 21.9. The SMILES string of the molecule is Cc1nn([C@H](C)c2ccc(Cl)cc2Cl)c2nc(C3=CCC(N4CCC[C@H]4C(=O)O)C(C)C3)cnc12.O=C(O)C(F)(F)F. The van der Waals surface area contributed by atoms with Crippen molar-refractivity contribution >= 4 is 51.9 Å². The first-order valence-corrected chi connectivity index (χ1v) is 14.1. The zero-order valence-corrected chi connectivity index (χ0v) is 24.6. The predicted octanol–water partition coefficient (Wildman–Crippen LogP) is 6.42. The second-order valence-corrected chi connectivity index (χ2v) is 11.4. The first-order valence-electron chi connectivity index (χ1n) is 13.3. The van der Waals surface area contributed by atoms with Gasteiger partial charge in [0, 0.05) is 16.1 Å². The van der Waals surface area contributed by atoms with E-state index < -0.39 is 18.1 Å². The van der Waals surface area contributed by atoms with Gasteiger partial charge in [-0.3, -0.25) is 9.69 Å². The van der Waals surface area contributed by atoms with E-state index in [4.69, 9.17) is 48.2 Å². The topological polar surface area (TPSA) is 121 Å². The fourth-order valence-electron chi connectivity index (χ4n) is 5.63. The first kappa shape index (κ1) is 31.7. The van der Waals surface area contributed by atoms with Crippen LogP contribution in [0.25, 0.3) is 16.7 Å². The number of allylic oxidation sites excluding steroid dienone is 1. The van der Waals surface area contributed by atoms with Gasteiger partial charge >= 0.3 is 18.1 Å². The van der Waals surface area contributed by atoms with Gasteiger partial charge in [0.15, 0.2) is 5.65 Å². The molecule has 2 aliphatic rings. The van der Waals surface area contributed by atoms with E-state index in [0.29, 0.717) is 16.0 Å². The number of benzene rings is 1. The quantitative estimate of drug-likeness (QED) is 0.332. The molecule has 1 aliphatic carbocycles. The Hall–Kier alpha value is -3.22. The molecule has 14 heteroatoms. The summed E-state index contributed by atoms with van der Waals surface area (Å²) >= 11 is 12.6. The van der Waals surface area contributed by atoms with E-state index in [1.807, 2.05) is 36.9 Å². The standard InChI is InChI=1S/C26H29Cl2N5O2.C2HF3O2/c1-14-11-17(6-9-22(14)32-10-4-5-23(32)26(34)35)21-13-29-24-15(2)31-33(25(24)30-21)16(3)19-8-7-18(27)12-20(19)28;3-2(4,5)1(6)7/h6-8,12-14,16,22-23H,4-5,9-11H2,1-3H3,(H,34,35);(H,6,7)/t14?,16-,22?,23+;/m1./s1. The summed E-state index contributed by atoms with van der Waals surface area (Å²) in [4.78, 5) is 32.5. The maximum absolute atomic E-state index is 11.7. The van der Waals surface area contributed by atoms with E-state index in [9.17, 15) is 23.1 Å². The van der Waals surface area contributed by atoms with Gasteiger partial charge in [0.05, 0.1) is 23.6 Å². The highest BCUT2D eigenvalue weighted by atomic mass is 35.5. The van der Waals surface area contributed by atoms with Crippen molar-refractivity contribution in [2.75, 3.05) is 6.54 Å². The Bertz CT molecular complexity index is 1530. The second-order valence-electron chi connectivity index (χ2n) is 10.6. The van der Waals surface area contributed by atoms with E-state index in [2.05, 4.69) is 17.9 Å². The second kappa shape index (κ2) is 12.6. The number of nitrogens with zero attached hydrogens (tertiary/aromatic N) is 5. The molecule has 0 spiro atoms. The van der Waals surface area contributed by atoms with Crippen LogP contribution in [0.3, 0.4) is 0 Å². The van der Waals surface area contributed by atoms with Gasteiger partial charge in [-0.2, -0.15) is 18.3 Å². The average molecular weight is 628 g/mol. The lowest BCUT2D eigenvalue weighted by Crippen LogP contribution is -2.46. The summed E-state index contributed by atoms with van der Waals surface area (Å²) in [5, 5.41) is 22.7. The maximum atomic E-state index is 11.7. The molecule has 1 fully saturated rings. The van der Waals surface area contributed by atoms with Crippen molar-refractivity contribution in [1.29, 1.82) is 0 Å². The molecule has 4 atom stereocenters. The van der Waals surface area contributed by atoms with Gasteiger partial charge in [-0.15, -0.1) is 0 Å². The Labute approximate surface area is 249 Å². The van der Waals surface area contributed by atoms with Crippen molar-refractivity contribution in [3.8, 4) is 0 Å². The third-order valence-corrected chi connectivity index (χ3v) is 8.29. The number of aromatic nitrogens is 4. The molecule has 2 unspecified atom stereocenters. The van der Waals surface area contributed by atoms with Crippen LogP contribution in [-0.2, 0) is 9.59 Å². The lowest BCUT2D eigenvalue weighted by Gasteiger charge is -2.37. The van der Waals surface area contributed by atoms with Crippen LogP contribution < -0.4 is 0 Å². The third-order valence-electron chi connectivity index (χ3n) is 7.73. The van der Waals surface area contributed by atoms with Crippen LogP contribution in [-0.4, -0.2) is 71.6 Å². The number of alkyl halides is 3. The monoisotopic (exact) mass is 627 g/mol. The Morgan fingerprint density at radius 1 is 1.19 bits per heavy atom. The number of hydrogen-bond donors (Lipinski definition) is 2. The van der Waals surface area contributed by atoms with Crippen molar-refractivity contribution in [2.45, 2.75) is 70.8 Å². The number of aryl methyl sites for hydroxylation is 1. The number of carbonyl (C=O) groups is 2. The van der Waals surface area contributed by atoms with E-state index in [-0.39, 0.29) is 18.1 Å². The molecule has 1 aliphatic heterocycles. The summed E-state index contributed by atoms with van der Waals surface area (Å²) in [5.41, 5.74) is 5.22. The number of fused-ring (bicyclic) bond motifs is 1. The van der Waals surface area contributed by atoms with Crippen molar-refractivity contribution in [3.05, 3.63) is 57.5 Å². The van der Waals surface area contributed by atoms with E-state index in [1.54, 1.807) is 6.07 Å². The van der Waals surface area contributed by atoms with Crippen molar-refractivity contribution < 1.29 is 33.0 Å². The minimum Gasteiger partial charge on any atom is -0.480 e. The number of halogens is 5. The maximum Gasteiger partial charge on any atom is 0.490 e. The molecule has 1 aromatic carbocycles. The van der Waals surface area contributed by atoms with Gasteiger partial charge in [-0.25, -0.2) is 19.4 Å². The zero-order chi connectivity index (χ0) is 30.9. The summed E-state index contributed by atoms with van der Waals surface area (Å²) < 4.78 is 33.6. The first-order chi connectivity index (χ1) is 19.7. The molecule has 0 saturated carbocycles. The molecular formula is C28H30Cl2F3N5O4. The summed E-state index contributed by atoms with van der Waals surface area (Å²) in [6.07, 6.45) is 2.28. The molecule has 3 aromatic rings. The Kier molecular flexibility index (Phi) is 9.49. The van der Waals surface area contributed by atoms with Crippen molar-refractivity contribution in [2.24, 2.45) is 5.92 Å². The highest BCUT2D eigenvalue weighted by Crippen LogP contribution is 2.37. The minimum atomic E-state index is -5.08. The fourth-order valence-corrected chi connectivity index (χ4v) is 6.20. The Morgan fingerprint density at radius 2 is 1.88 bits per heavy atom. The molecule has 2 aromatic heterocycles. The lowest BCUT2D eigenvalue weighted by atomic mass is 9.83. The highest BCUT2D eigenvalue weighted by molar-refractivity contribution is 6.35. The smallest absolute Gasteiger partial charge is 0.480 e. The van der Waals surface area contributed by atoms with Gasteiger partial charge in [-0.1, -0.05) is 42.3 Å². The molecule has 0 bridgehead atoms. The number of carboxylic acid groups (broad SMARTS) is 2. The van der Waals surface area contributed by atoms with Crippen molar-refractivity contribution in [3.63, 3.8) is 0 Å². The summed E-state index contributed by atoms with van der Waals surface area (Å²) in [6.45, 7) is 7.03. The summed E-state index contributed by atoms with van der Waals surface area (Å²) in [5.74, 6) is -3.14. The summed E-state index contributed by atoms with van der Waals surface area (Å²) in [6, 6.07) is 5.21. The lowest BCUT2D eigenvalue weighted by molar-refractivity contribution is -0.192. The molecule has 226 valence electrons. The van der Waals surface area contributed by atoms with Crippen LogP contribution >= 0.6 is 23.2 Å². The number of carboxylic acids is 2. The van der Waals surface area contributed by atoms with E-state index in [1.165, 1.54) is 0 Å². The molecule has 42 heavy (non-hydrogen) atoms. The Balaban J connectivity index is 0.000000517. The van der Waals surface area contributed by atoms with Gasteiger partial charge in [-0.05, 0) is 75.3 Å². The number of hydrogen-bond acceptors (Lipinski definition) is 6. The van der Waals surface area contributed by atoms with Crippen LogP contribution in [0.15, 0.2) is 30.5 Å². The van der Waals surface area contributed by atoms with Gasteiger partial charge in [0.2, 0.25) is 0 Å². The minimum absolute atomic E-state index is 0.146. The van der Waals surface area contributed by atoms with Crippen LogP contribution in [0.1, 0.15) is 62.5 Å². The average Bonchev–Trinajstić information content (AvgIpc) is 3.53. The summed E-state index contributed by atoms with van der Waals surface area (Å²) in [7, 11) is 0.